The third-order valence-corrected chi connectivity index (χ3v) is 9.23. The van der Waals surface area contributed by atoms with Gasteiger partial charge < -0.3 is 9.64 Å². The summed E-state index contributed by atoms with van der Waals surface area (Å²) in [6.45, 7) is 24.9. The highest BCUT2D eigenvalue weighted by Gasteiger charge is 2.43. The monoisotopic (exact) mass is 604 g/mol. The molecule has 0 saturated heterocycles. The molecule has 2 atom stereocenters. The number of benzene rings is 1. The summed E-state index contributed by atoms with van der Waals surface area (Å²) in [5.41, 5.74) is 10.6. The van der Waals surface area contributed by atoms with E-state index in [2.05, 4.69) is 116 Å². The Morgan fingerprint density at radius 1 is 0.932 bits per heavy atom. The van der Waals surface area contributed by atoms with Gasteiger partial charge in [0, 0.05) is 24.5 Å². The minimum absolute atomic E-state index is 0.632. The van der Waals surface area contributed by atoms with E-state index < -0.39 is 0 Å². The fourth-order valence-corrected chi connectivity index (χ4v) is 6.53. The van der Waals surface area contributed by atoms with Crippen molar-refractivity contribution in [3.8, 4) is 0 Å². The number of unbranched alkanes of at least 4 members (excludes halogenated alkanes) is 3. The quantitative estimate of drug-likeness (QED) is 0.174. The van der Waals surface area contributed by atoms with Crippen LogP contribution in [0.15, 0.2) is 83.1 Å². The van der Waals surface area contributed by atoms with Crippen molar-refractivity contribution in [2.75, 3.05) is 18.6 Å². The van der Waals surface area contributed by atoms with Crippen LogP contribution in [0.5, 0.6) is 0 Å². The lowest BCUT2D eigenvalue weighted by Crippen LogP contribution is -2.46. The number of ether oxygens (including phenoxy) is 1. The Bertz CT molecular complexity index is 1060. The van der Waals surface area contributed by atoms with Gasteiger partial charge in [-0.3, -0.25) is 0 Å². The Labute approximate surface area is 274 Å². The number of hydrogen-bond acceptors (Lipinski definition) is 2. The molecule has 0 N–H and O–H groups in total. The van der Waals surface area contributed by atoms with Crippen LogP contribution >= 0.6 is 0 Å². The van der Waals surface area contributed by atoms with E-state index in [-0.39, 0.29) is 0 Å². The second-order valence-corrected chi connectivity index (χ2v) is 12.7. The summed E-state index contributed by atoms with van der Waals surface area (Å²) in [6, 6.07) is 9.52. The molecule has 2 aliphatic heterocycles. The minimum atomic E-state index is 0.632. The molecule has 2 heteroatoms. The van der Waals surface area contributed by atoms with Crippen LogP contribution in [0, 0.1) is 18.8 Å². The van der Waals surface area contributed by atoms with Crippen LogP contribution in [-0.4, -0.2) is 19.8 Å². The van der Waals surface area contributed by atoms with Crippen LogP contribution in [0.1, 0.15) is 138 Å². The van der Waals surface area contributed by atoms with Gasteiger partial charge in [0.2, 0.25) is 0 Å². The van der Waals surface area contributed by atoms with Gasteiger partial charge in [-0.15, -0.1) is 6.58 Å². The summed E-state index contributed by atoms with van der Waals surface area (Å²) >= 11 is 0. The molecule has 2 heterocycles. The number of hydrogen-bond donors (Lipinski definition) is 0. The van der Waals surface area contributed by atoms with Crippen molar-refractivity contribution in [3.05, 3.63) is 88.7 Å². The topological polar surface area (TPSA) is 12.5 Å². The second-order valence-electron chi connectivity index (χ2n) is 12.7. The number of rotatable bonds is 12. The standard InChI is InChI=1S/C24H35N.C8H12O.C6H14.C4H8/c1-7-11-20(12-8-2)24-17(4)19(6)25(23-15-21(24)18(23)5)22-14-10-9-13-16(22)3;1-9-7-8-5-3-2-4-6-8;1-3-5-6-4-2;1-3-4-2/h9-10,13-14,18,20,23H,7-8,11-12,15H2,1-6H3;3,5-6H,2,4,7H2,1H3;3-6H2,1-2H3;3H,1,4H2,2H3. The van der Waals surface area contributed by atoms with Gasteiger partial charge >= 0.3 is 0 Å². The number of fused-ring (bicyclic) bond motifs is 2. The van der Waals surface area contributed by atoms with Crippen LogP contribution in [0.25, 0.3) is 0 Å². The Morgan fingerprint density at radius 3 is 2.00 bits per heavy atom. The first-order valence-corrected chi connectivity index (χ1v) is 18.0. The van der Waals surface area contributed by atoms with E-state index in [0.717, 1.165) is 18.9 Å². The second kappa shape index (κ2) is 23.1. The van der Waals surface area contributed by atoms with Crippen LogP contribution in [0.2, 0.25) is 0 Å². The number of aryl methyl sites for hydroxylation is 1. The predicted octanol–water partition coefficient (Wildman–Crippen LogP) is 13.1. The maximum Gasteiger partial charge on any atom is 0.0709 e. The van der Waals surface area contributed by atoms with E-state index in [1.807, 2.05) is 6.08 Å². The lowest BCUT2D eigenvalue weighted by molar-refractivity contribution is 0.228. The molecule has 2 aliphatic carbocycles. The van der Waals surface area contributed by atoms with Crippen molar-refractivity contribution >= 4 is 5.69 Å². The molecule has 2 nitrogen and oxygen atoms in total. The summed E-state index contributed by atoms with van der Waals surface area (Å²) in [5, 5.41) is 0. The van der Waals surface area contributed by atoms with E-state index in [1.165, 1.54) is 93.2 Å². The zero-order valence-corrected chi connectivity index (χ0v) is 30.6. The van der Waals surface area contributed by atoms with E-state index in [4.69, 9.17) is 4.74 Å². The number of nitrogens with zero attached hydrogens (tertiary/aromatic N) is 1. The van der Waals surface area contributed by atoms with Crippen molar-refractivity contribution in [1.82, 2.24) is 0 Å². The zero-order chi connectivity index (χ0) is 32.9. The summed E-state index contributed by atoms with van der Waals surface area (Å²) in [7, 11) is 1.73. The molecule has 44 heavy (non-hydrogen) atoms. The third kappa shape index (κ3) is 12.2. The normalized spacial score (nSPS) is 18.6. The maximum absolute atomic E-state index is 4.96. The van der Waals surface area contributed by atoms with Crippen LogP contribution in [0.3, 0.4) is 0 Å². The van der Waals surface area contributed by atoms with Gasteiger partial charge in [0.05, 0.1) is 6.61 Å². The molecular formula is C42H69NO. The lowest BCUT2D eigenvalue weighted by Gasteiger charge is -2.46. The highest BCUT2D eigenvalue weighted by atomic mass is 16.5. The fourth-order valence-electron chi connectivity index (χ4n) is 6.53. The molecule has 0 amide bonds. The highest BCUT2D eigenvalue weighted by molar-refractivity contribution is 5.64. The molecule has 0 radical (unpaired) electrons. The zero-order valence-electron chi connectivity index (χ0n) is 30.6. The average molecular weight is 604 g/mol. The molecule has 0 spiro atoms. The smallest absolute Gasteiger partial charge is 0.0709 e. The first-order chi connectivity index (χ1) is 21.3. The molecule has 0 aromatic heterocycles. The molecule has 1 aromatic carbocycles. The summed E-state index contributed by atoms with van der Waals surface area (Å²) in [5.74, 6) is 1.43. The molecule has 5 rings (SSSR count). The van der Waals surface area contributed by atoms with Crippen molar-refractivity contribution in [2.24, 2.45) is 11.8 Å². The Balaban J connectivity index is 0.000000415. The van der Waals surface area contributed by atoms with Crippen molar-refractivity contribution < 1.29 is 4.74 Å². The fraction of sp³-hybridized carbons (Fsp3) is 0.619. The number of anilines is 1. The van der Waals surface area contributed by atoms with Gasteiger partial charge in [-0.2, -0.15) is 0 Å². The van der Waals surface area contributed by atoms with E-state index in [1.54, 1.807) is 23.8 Å². The van der Waals surface area contributed by atoms with Crippen molar-refractivity contribution in [3.63, 3.8) is 0 Å². The Morgan fingerprint density at radius 2 is 1.55 bits per heavy atom. The van der Waals surface area contributed by atoms with Gasteiger partial charge in [0.1, 0.15) is 0 Å². The van der Waals surface area contributed by atoms with Gasteiger partial charge in [-0.25, -0.2) is 0 Å². The average Bonchev–Trinajstić information content (AvgIpc) is 3.20. The number of para-hydroxylation sites is 1. The van der Waals surface area contributed by atoms with Gasteiger partial charge in [0.25, 0.3) is 0 Å². The number of methoxy groups -OCH3 is 1. The third-order valence-electron chi connectivity index (χ3n) is 9.23. The molecule has 248 valence electrons. The first kappa shape index (κ1) is 39.7. The van der Waals surface area contributed by atoms with Crippen LogP contribution in [0.4, 0.5) is 5.69 Å². The van der Waals surface area contributed by atoms with E-state index in [9.17, 15) is 0 Å². The SMILES string of the molecule is C=CCC.CCCC(CCC)C1=C2CC(C2C)N(c2ccccc2C)C(C)=C1C.CCCCCC.COCC1=CCCC=C1. The molecule has 4 aliphatic rings. The maximum atomic E-state index is 4.96. The minimum Gasteiger partial charge on any atom is -0.380 e. The first-order valence-electron chi connectivity index (χ1n) is 18.0. The molecule has 1 aromatic rings. The molecule has 1 saturated carbocycles. The highest BCUT2D eigenvalue weighted by Crippen LogP contribution is 2.51. The Kier molecular flexibility index (Phi) is 20.8. The van der Waals surface area contributed by atoms with E-state index in [0.29, 0.717) is 12.0 Å². The predicted molar refractivity (Wildman–Crippen MR) is 199 cm³/mol. The van der Waals surface area contributed by atoms with Gasteiger partial charge in [-0.1, -0.05) is 128 Å². The molecule has 2 unspecified atom stereocenters. The molecule has 2 bridgehead atoms. The van der Waals surface area contributed by atoms with Crippen molar-refractivity contribution in [2.45, 2.75) is 145 Å². The lowest BCUT2D eigenvalue weighted by atomic mass is 9.69. The van der Waals surface area contributed by atoms with Crippen LogP contribution < -0.4 is 4.90 Å². The molecule has 1 fully saturated rings. The van der Waals surface area contributed by atoms with Gasteiger partial charge in [0.15, 0.2) is 0 Å². The van der Waals surface area contributed by atoms with Gasteiger partial charge in [-0.05, 0) is 99.5 Å². The van der Waals surface area contributed by atoms with Crippen molar-refractivity contribution in [1.29, 1.82) is 0 Å². The number of allylic oxidation sites excluding steroid dienone is 6. The summed E-state index contributed by atoms with van der Waals surface area (Å²) in [6.07, 6.45) is 23.9. The summed E-state index contributed by atoms with van der Waals surface area (Å²) in [4.78, 5) is 2.65. The summed E-state index contributed by atoms with van der Waals surface area (Å²) < 4.78 is 4.96. The largest absolute Gasteiger partial charge is 0.380 e. The molecular weight excluding hydrogens is 534 g/mol. The van der Waals surface area contributed by atoms with Crippen LogP contribution in [-0.2, 0) is 4.74 Å². The van der Waals surface area contributed by atoms with E-state index >= 15 is 0 Å². The Hall–Kier alpha value is -2.32.